The largest absolute Gasteiger partial charge is 0.324 e. The predicted molar refractivity (Wildman–Crippen MR) is 65.7 cm³/mol. The number of nitrogens with two attached hydrogens (primary N) is 1. The Morgan fingerprint density at radius 1 is 1.40 bits per heavy atom. The van der Waals surface area contributed by atoms with E-state index in [9.17, 15) is 0 Å². The van der Waals surface area contributed by atoms with Crippen molar-refractivity contribution in [3.63, 3.8) is 0 Å². The second kappa shape index (κ2) is 6.54. The van der Waals surface area contributed by atoms with Gasteiger partial charge in [-0.05, 0) is 24.5 Å². The number of hydrogen-bond donors (Lipinski definition) is 1. The molecule has 1 rings (SSSR count). The highest BCUT2D eigenvalue weighted by atomic mass is 35.5. The maximum Gasteiger partial charge on any atom is 0.0740 e. The quantitative estimate of drug-likeness (QED) is 0.830. The molecule has 5 heteroatoms. The molecule has 0 aliphatic carbocycles. The van der Waals surface area contributed by atoms with Gasteiger partial charge in [-0.1, -0.05) is 11.6 Å². The van der Waals surface area contributed by atoms with Crippen LogP contribution in [0.3, 0.4) is 0 Å². The second-order valence-electron chi connectivity index (χ2n) is 3.23. The highest BCUT2D eigenvalue weighted by molar-refractivity contribution is 6.32. The van der Waals surface area contributed by atoms with Gasteiger partial charge in [-0.2, -0.15) is 0 Å². The Bertz CT molecular complexity index is 318. The van der Waals surface area contributed by atoms with Crippen molar-refractivity contribution in [3.05, 3.63) is 28.5 Å². The third-order valence-electron chi connectivity index (χ3n) is 2.17. The van der Waals surface area contributed by atoms with E-state index in [0.717, 1.165) is 18.4 Å². The summed E-state index contributed by atoms with van der Waals surface area (Å²) < 4.78 is 0. The van der Waals surface area contributed by atoms with E-state index in [1.807, 2.05) is 6.07 Å². The minimum atomic E-state index is -0.0961. The van der Waals surface area contributed by atoms with E-state index in [1.165, 1.54) is 0 Å². The fourth-order valence-electron chi connectivity index (χ4n) is 1.34. The number of hydrogen-bond acceptors (Lipinski definition) is 2. The first kappa shape index (κ1) is 13.0. The maximum absolute atomic E-state index is 6.12. The number of aromatic nitrogens is 1. The Hall–Kier alpha value is -0.0200. The fraction of sp³-hybridized carbons (Fsp3) is 0.500. The minimum absolute atomic E-state index is 0.0961. The van der Waals surface area contributed by atoms with Gasteiger partial charge < -0.3 is 5.73 Å². The molecule has 0 spiro atoms. The fourth-order valence-corrected chi connectivity index (χ4v) is 2.08. The second-order valence-corrected chi connectivity index (χ2v) is 4.26. The van der Waals surface area contributed by atoms with Crippen molar-refractivity contribution >= 4 is 34.8 Å². The van der Waals surface area contributed by atoms with Crippen LogP contribution < -0.4 is 5.73 Å². The van der Waals surface area contributed by atoms with Gasteiger partial charge in [-0.15, -0.1) is 23.2 Å². The van der Waals surface area contributed by atoms with Crippen LogP contribution in [0.15, 0.2) is 12.3 Å². The van der Waals surface area contributed by atoms with Crippen LogP contribution in [-0.2, 0) is 5.88 Å². The molecule has 0 aromatic carbocycles. The predicted octanol–water partition coefficient (Wildman–Crippen LogP) is 3.49. The van der Waals surface area contributed by atoms with Crippen LogP contribution in [0.1, 0.15) is 30.1 Å². The molecule has 0 aliphatic rings. The monoisotopic (exact) mass is 266 g/mol. The summed E-state index contributed by atoms with van der Waals surface area (Å²) in [5.41, 5.74) is 7.57. The Morgan fingerprint density at radius 3 is 2.73 bits per heavy atom. The van der Waals surface area contributed by atoms with Gasteiger partial charge in [0.25, 0.3) is 0 Å². The van der Waals surface area contributed by atoms with Gasteiger partial charge in [0.15, 0.2) is 0 Å². The summed E-state index contributed by atoms with van der Waals surface area (Å²) >= 11 is 17.4. The molecule has 1 aromatic rings. The maximum atomic E-state index is 6.12. The third-order valence-corrected chi connectivity index (χ3v) is 3.12. The molecule has 1 aromatic heterocycles. The molecule has 15 heavy (non-hydrogen) atoms. The average Bonchev–Trinajstić information content (AvgIpc) is 2.26. The first-order chi connectivity index (χ1) is 7.20. The molecular formula is C10H13Cl3N2. The zero-order valence-electron chi connectivity index (χ0n) is 8.22. The topological polar surface area (TPSA) is 38.9 Å². The molecule has 2 N–H and O–H groups in total. The SMILES string of the molecule is NC(CCCCl)c1ccnc(CCl)c1Cl. The molecule has 0 aliphatic heterocycles. The molecule has 2 nitrogen and oxygen atoms in total. The van der Waals surface area contributed by atoms with Gasteiger partial charge in [0.2, 0.25) is 0 Å². The highest BCUT2D eigenvalue weighted by Gasteiger charge is 2.12. The lowest BCUT2D eigenvalue weighted by Crippen LogP contribution is -2.12. The molecule has 0 bridgehead atoms. The molecule has 0 radical (unpaired) electrons. The van der Waals surface area contributed by atoms with Gasteiger partial charge in [0, 0.05) is 18.1 Å². The van der Waals surface area contributed by atoms with Crippen LogP contribution in [0.2, 0.25) is 5.02 Å². The first-order valence-corrected chi connectivity index (χ1v) is 6.16. The van der Waals surface area contributed by atoms with E-state index in [2.05, 4.69) is 4.98 Å². The van der Waals surface area contributed by atoms with E-state index in [1.54, 1.807) is 6.20 Å². The normalized spacial score (nSPS) is 12.8. The van der Waals surface area contributed by atoms with E-state index in [-0.39, 0.29) is 6.04 Å². The molecule has 1 atom stereocenters. The Balaban J connectivity index is 2.83. The number of halogens is 3. The number of rotatable bonds is 5. The summed E-state index contributed by atoms with van der Waals surface area (Å²) in [5.74, 6) is 0.910. The standard InChI is InChI=1S/C10H13Cl3N2/c11-4-1-2-8(14)7-3-5-15-9(6-12)10(7)13/h3,5,8H,1-2,4,6,14H2. The summed E-state index contributed by atoms with van der Waals surface area (Å²) in [4.78, 5) is 4.07. The number of pyridine rings is 1. The zero-order valence-corrected chi connectivity index (χ0v) is 10.5. The lowest BCUT2D eigenvalue weighted by Gasteiger charge is -2.14. The summed E-state index contributed by atoms with van der Waals surface area (Å²) in [6.45, 7) is 0. The molecular weight excluding hydrogens is 254 g/mol. The molecule has 1 unspecified atom stereocenters. The van der Waals surface area contributed by atoms with Crippen molar-refractivity contribution in [1.29, 1.82) is 0 Å². The van der Waals surface area contributed by atoms with Gasteiger partial charge in [-0.3, -0.25) is 4.98 Å². The van der Waals surface area contributed by atoms with Crippen LogP contribution in [0.4, 0.5) is 0 Å². The van der Waals surface area contributed by atoms with Crippen molar-refractivity contribution < 1.29 is 0 Å². The van der Waals surface area contributed by atoms with Crippen LogP contribution in [0.25, 0.3) is 0 Å². The molecule has 0 saturated heterocycles. The molecule has 0 fully saturated rings. The van der Waals surface area contributed by atoms with Crippen LogP contribution >= 0.6 is 34.8 Å². The van der Waals surface area contributed by atoms with Crippen LogP contribution in [0.5, 0.6) is 0 Å². The summed E-state index contributed by atoms with van der Waals surface area (Å²) in [6.07, 6.45) is 3.37. The molecule has 0 amide bonds. The third kappa shape index (κ3) is 3.49. The van der Waals surface area contributed by atoms with Gasteiger partial charge in [0.05, 0.1) is 16.6 Å². The molecule has 84 valence electrons. The van der Waals surface area contributed by atoms with Gasteiger partial charge in [0.1, 0.15) is 0 Å². The Kier molecular flexibility index (Phi) is 5.69. The van der Waals surface area contributed by atoms with E-state index < -0.39 is 0 Å². The smallest absolute Gasteiger partial charge is 0.0740 e. The van der Waals surface area contributed by atoms with Crippen LogP contribution in [-0.4, -0.2) is 10.9 Å². The Morgan fingerprint density at radius 2 is 2.13 bits per heavy atom. The molecule has 0 saturated carbocycles. The van der Waals surface area contributed by atoms with Crippen LogP contribution in [0, 0.1) is 0 Å². The van der Waals surface area contributed by atoms with Crippen molar-refractivity contribution in [2.75, 3.05) is 5.88 Å². The highest BCUT2D eigenvalue weighted by Crippen LogP contribution is 2.27. The lowest BCUT2D eigenvalue weighted by atomic mass is 10.0. The van der Waals surface area contributed by atoms with Gasteiger partial charge >= 0.3 is 0 Å². The lowest BCUT2D eigenvalue weighted by molar-refractivity contribution is 0.639. The first-order valence-electron chi connectivity index (χ1n) is 4.71. The number of nitrogens with zero attached hydrogens (tertiary/aromatic N) is 1. The number of alkyl halides is 2. The zero-order chi connectivity index (χ0) is 11.3. The van der Waals surface area contributed by atoms with E-state index >= 15 is 0 Å². The van der Waals surface area contributed by atoms with Gasteiger partial charge in [-0.25, -0.2) is 0 Å². The van der Waals surface area contributed by atoms with Crippen molar-refractivity contribution in [2.45, 2.75) is 24.8 Å². The Labute approximate surface area is 105 Å². The van der Waals surface area contributed by atoms with Crippen molar-refractivity contribution in [1.82, 2.24) is 4.98 Å². The average molecular weight is 268 g/mol. The van der Waals surface area contributed by atoms with E-state index in [0.29, 0.717) is 22.5 Å². The van der Waals surface area contributed by atoms with E-state index in [4.69, 9.17) is 40.5 Å². The summed E-state index contributed by atoms with van der Waals surface area (Å²) in [5, 5.41) is 0.578. The summed E-state index contributed by atoms with van der Waals surface area (Å²) in [6, 6.07) is 1.73. The summed E-state index contributed by atoms with van der Waals surface area (Å²) in [7, 11) is 0. The van der Waals surface area contributed by atoms with Crippen molar-refractivity contribution in [3.8, 4) is 0 Å². The molecule has 1 heterocycles. The van der Waals surface area contributed by atoms with Crippen molar-refractivity contribution in [2.24, 2.45) is 5.73 Å². The minimum Gasteiger partial charge on any atom is -0.324 e.